The second-order valence-electron chi connectivity index (χ2n) is 8.60. The highest BCUT2D eigenvalue weighted by molar-refractivity contribution is 5.74. The lowest BCUT2D eigenvalue weighted by Gasteiger charge is -2.37. The third kappa shape index (κ3) is 6.92. The Hall–Kier alpha value is -2.67. The minimum Gasteiger partial charge on any atom is -0.493 e. The largest absolute Gasteiger partial charge is 0.493 e. The van der Waals surface area contributed by atoms with E-state index in [2.05, 4.69) is 36.1 Å². The Balaban J connectivity index is 1.63. The minimum absolute atomic E-state index is 0.0596. The Morgan fingerprint density at radius 2 is 1.97 bits per heavy atom. The molecule has 0 bridgehead atoms. The molecule has 2 heterocycles. The number of pyridine rings is 1. The van der Waals surface area contributed by atoms with Crippen LogP contribution in [0.3, 0.4) is 0 Å². The van der Waals surface area contributed by atoms with E-state index < -0.39 is 0 Å². The molecule has 0 spiro atoms. The van der Waals surface area contributed by atoms with Crippen molar-refractivity contribution in [3.05, 3.63) is 59.7 Å². The van der Waals surface area contributed by atoms with Crippen molar-refractivity contribution in [1.82, 2.24) is 20.1 Å². The number of rotatable bonds is 8. The molecule has 1 N–H and O–H groups in total. The molecule has 0 aliphatic carbocycles. The first-order chi connectivity index (χ1) is 14.9. The van der Waals surface area contributed by atoms with Crippen molar-refractivity contribution in [3.8, 4) is 5.75 Å². The summed E-state index contributed by atoms with van der Waals surface area (Å²) >= 11 is 0. The number of piperidine rings is 1. The molecular weight excluding hydrogens is 395 g/mol. The summed E-state index contributed by atoms with van der Waals surface area (Å²) in [6.45, 7) is 7.28. The normalized spacial score (nSPS) is 15.1. The number of carbonyl (C=O) groups excluding carboxylic acids is 1. The van der Waals surface area contributed by atoms with Gasteiger partial charge in [-0.05, 0) is 68.7 Å². The zero-order valence-corrected chi connectivity index (χ0v) is 18.7. The molecule has 0 radical (unpaired) electrons. The van der Waals surface area contributed by atoms with E-state index in [-0.39, 0.29) is 24.4 Å². The summed E-state index contributed by atoms with van der Waals surface area (Å²) in [5.74, 6) is 0.904. The van der Waals surface area contributed by atoms with Crippen LogP contribution in [0.2, 0.25) is 0 Å². The highest BCUT2D eigenvalue weighted by atomic mass is 19.1. The number of amides is 2. The van der Waals surface area contributed by atoms with Crippen molar-refractivity contribution < 1.29 is 13.9 Å². The van der Waals surface area contributed by atoms with Crippen LogP contribution >= 0.6 is 0 Å². The average molecular weight is 429 g/mol. The smallest absolute Gasteiger partial charge is 0.318 e. The molecule has 6 nitrogen and oxygen atoms in total. The zero-order valence-electron chi connectivity index (χ0n) is 18.7. The van der Waals surface area contributed by atoms with E-state index >= 15 is 0 Å². The van der Waals surface area contributed by atoms with Gasteiger partial charge in [0.2, 0.25) is 0 Å². The highest BCUT2D eigenvalue weighted by Crippen LogP contribution is 2.19. The van der Waals surface area contributed by atoms with Crippen LogP contribution in [0.1, 0.15) is 37.9 Å². The number of carbonyl (C=O) groups is 1. The maximum Gasteiger partial charge on any atom is 0.318 e. The second kappa shape index (κ2) is 11.1. The number of likely N-dealkylation sites (tertiary alicyclic amines) is 1. The monoisotopic (exact) mass is 428 g/mol. The number of nitrogens with one attached hydrogen (secondary N) is 1. The topological polar surface area (TPSA) is 57.7 Å². The molecule has 168 valence electrons. The van der Waals surface area contributed by atoms with Crippen LogP contribution in [-0.4, -0.2) is 53.6 Å². The number of urea groups is 1. The third-order valence-corrected chi connectivity index (χ3v) is 5.49. The molecule has 0 saturated carbocycles. The van der Waals surface area contributed by atoms with Gasteiger partial charge in [-0.25, -0.2) is 9.18 Å². The van der Waals surface area contributed by atoms with Crippen molar-refractivity contribution in [1.29, 1.82) is 0 Å². The van der Waals surface area contributed by atoms with E-state index in [0.29, 0.717) is 24.8 Å². The van der Waals surface area contributed by atoms with Crippen LogP contribution in [0, 0.1) is 11.7 Å². The Labute approximate surface area is 184 Å². The highest BCUT2D eigenvalue weighted by Gasteiger charge is 2.28. The molecular formula is C24H33FN4O2. The number of hydrogen-bond donors (Lipinski definition) is 1. The molecule has 2 aromatic rings. The zero-order chi connectivity index (χ0) is 22.2. The maximum absolute atomic E-state index is 14.2. The van der Waals surface area contributed by atoms with E-state index in [1.54, 1.807) is 17.2 Å². The van der Waals surface area contributed by atoms with Crippen LogP contribution in [0.15, 0.2) is 42.6 Å². The first kappa shape index (κ1) is 23.0. The number of ether oxygens (including phenoxy) is 1. The van der Waals surface area contributed by atoms with Gasteiger partial charge in [-0.3, -0.25) is 4.98 Å². The Morgan fingerprint density at radius 1 is 1.26 bits per heavy atom. The molecule has 1 saturated heterocycles. The summed E-state index contributed by atoms with van der Waals surface area (Å²) in [7, 11) is 2.08. The van der Waals surface area contributed by atoms with E-state index in [1.807, 2.05) is 24.3 Å². The van der Waals surface area contributed by atoms with Crippen molar-refractivity contribution in [2.24, 2.45) is 5.92 Å². The third-order valence-electron chi connectivity index (χ3n) is 5.49. The fourth-order valence-corrected chi connectivity index (χ4v) is 3.62. The lowest BCUT2D eigenvalue weighted by molar-refractivity contribution is 0.125. The van der Waals surface area contributed by atoms with Crippen LogP contribution in [0.5, 0.6) is 5.75 Å². The minimum atomic E-state index is -0.384. The summed E-state index contributed by atoms with van der Waals surface area (Å²) in [4.78, 5) is 21.2. The predicted octanol–water partition coefficient (Wildman–Crippen LogP) is 4.06. The van der Waals surface area contributed by atoms with Gasteiger partial charge < -0.3 is 19.9 Å². The SMILES string of the molecule is CC(C)COc1ccc(CNC(=O)N(Cc2ncccc2F)C2CCN(C)CC2)cc1. The standard InChI is InChI=1S/C24H33FN4O2/c1-18(2)17-31-21-8-6-19(7-9-21)15-27-24(30)29(20-10-13-28(3)14-11-20)16-23-22(25)5-4-12-26-23/h4-9,12,18,20H,10-11,13-17H2,1-3H3,(H,27,30). The summed E-state index contributed by atoms with van der Waals surface area (Å²) in [6, 6.07) is 10.6. The van der Waals surface area contributed by atoms with E-state index in [0.717, 1.165) is 37.2 Å². The molecule has 0 atom stereocenters. The number of halogens is 1. The van der Waals surface area contributed by atoms with Crippen LogP contribution in [0.4, 0.5) is 9.18 Å². The Morgan fingerprint density at radius 3 is 2.61 bits per heavy atom. The van der Waals surface area contributed by atoms with Crippen LogP contribution in [-0.2, 0) is 13.1 Å². The first-order valence-electron chi connectivity index (χ1n) is 11.0. The van der Waals surface area contributed by atoms with Crippen molar-refractivity contribution in [2.45, 2.75) is 45.8 Å². The van der Waals surface area contributed by atoms with Gasteiger partial charge in [-0.1, -0.05) is 26.0 Å². The van der Waals surface area contributed by atoms with Gasteiger partial charge in [0, 0.05) is 18.8 Å². The number of nitrogens with zero attached hydrogens (tertiary/aromatic N) is 3. The summed E-state index contributed by atoms with van der Waals surface area (Å²) in [5.41, 5.74) is 1.28. The Kier molecular flexibility index (Phi) is 8.23. The lowest BCUT2D eigenvalue weighted by Crippen LogP contribution is -2.49. The van der Waals surface area contributed by atoms with Gasteiger partial charge in [0.15, 0.2) is 0 Å². The molecule has 7 heteroatoms. The molecule has 3 rings (SSSR count). The molecule has 2 amide bonds. The van der Waals surface area contributed by atoms with E-state index in [1.165, 1.54) is 6.07 Å². The van der Waals surface area contributed by atoms with Gasteiger partial charge in [-0.2, -0.15) is 0 Å². The number of aromatic nitrogens is 1. The molecule has 1 aromatic carbocycles. The van der Waals surface area contributed by atoms with E-state index in [4.69, 9.17) is 4.74 Å². The van der Waals surface area contributed by atoms with Gasteiger partial charge in [0.1, 0.15) is 11.6 Å². The molecule has 1 aromatic heterocycles. The summed E-state index contributed by atoms with van der Waals surface area (Å²) in [6.07, 6.45) is 3.28. The fourth-order valence-electron chi connectivity index (χ4n) is 3.62. The van der Waals surface area contributed by atoms with Crippen molar-refractivity contribution in [2.75, 3.05) is 26.7 Å². The molecule has 0 unspecified atom stereocenters. The number of benzene rings is 1. The van der Waals surface area contributed by atoms with Gasteiger partial charge in [0.25, 0.3) is 0 Å². The van der Waals surface area contributed by atoms with E-state index in [9.17, 15) is 9.18 Å². The van der Waals surface area contributed by atoms with Crippen LogP contribution in [0.25, 0.3) is 0 Å². The van der Waals surface area contributed by atoms with Crippen molar-refractivity contribution >= 4 is 6.03 Å². The summed E-state index contributed by atoms with van der Waals surface area (Å²) < 4.78 is 19.9. The van der Waals surface area contributed by atoms with Gasteiger partial charge in [0.05, 0.1) is 18.8 Å². The molecule has 1 aliphatic rings. The lowest BCUT2D eigenvalue weighted by atomic mass is 10.0. The molecule has 1 fully saturated rings. The molecule has 31 heavy (non-hydrogen) atoms. The van der Waals surface area contributed by atoms with Crippen molar-refractivity contribution in [3.63, 3.8) is 0 Å². The second-order valence-corrected chi connectivity index (χ2v) is 8.60. The fraction of sp³-hybridized carbons (Fsp3) is 0.500. The number of hydrogen-bond acceptors (Lipinski definition) is 4. The van der Waals surface area contributed by atoms with Crippen LogP contribution < -0.4 is 10.1 Å². The predicted molar refractivity (Wildman–Crippen MR) is 119 cm³/mol. The Bertz CT molecular complexity index is 836. The summed E-state index contributed by atoms with van der Waals surface area (Å²) in [5, 5.41) is 3.00. The van der Waals surface area contributed by atoms with Gasteiger partial charge >= 0.3 is 6.03 Å². The average Bonchev–Trinajstić information content (AvgIpc) is 2.77. The van der Waals surface area contributed by atoms with Gasteiger partial charge in [-0.15, -0.1) is 0 Å². The first-order valence-corrected chi connectivity index (χ1v) is 11.0. The quantitative estimate of drug-likeness (QED) is 0.689. The maximum atomic E-state index is 14.2. The molecule has 1 aliphatic heterocycles.